The molecule has 0 aromatic heterocycles. The van der Waals surface area contributed by atoms with E-state index in [4.69, 9.17) is 5.26 Å². The minimum absolute atomic E-state index is 0.578. The van der Waals surface area contributed by atoms with Crippen LogP contribution in [-0.4, -0.2) is 0 Å². The molecule has 0 atom stereocenters. The Morgan fingerprint density at radius 2 is 1.62 bits per heavy atom. The fraction of sp³-hybridized carbons (Fsp3) is 0.773. The van der Waals surface area contributed by atoms with Gasteiger partial charge in [0.15, 0.2) is 5.83 Å². The first-order valence-corrected chi connectivity index (χ1v) is 10.2. The van der Waals surface area contributed by atoms with Gasteiger partial charge in [-0.05, 0) is 68.3 Å². The molecule has 0 aliphatic heterocycles. The highest BCUT2D eigenvalue weighted by molar-refractivity contribution is 5.19. The number of hydrogen-bond acceptors (Lipinski definition) is 1. The van der Waals surface area contributed by atoms with Gasteiger partial charge in [-0.3, -0.25) is 0 Å². The lowest BCUT2D eigenvalue weighted by atomic mass is 9.68. The van der Waals surface area contributed by atoms with Gasteiger partial charge in [0.2, 0.25) is 0 Å². The van der Waals surface area contributed by atoms with Crippen LogP contribution < -0.4 is 0 Å². The third-order valence-electron chi connectivity index (χ3n) is 6.32. The lowest BCUT2D eigenvalue weighted by Crippen LogP contribution is -2.25. The third kappa shape index (κ3) is 6.42. The number of unbranched alkanes of at least 4 members (excludes halogenated alkanes) is 2. The topological polar surface area (TPSA) is 23.8 Å². The zero-order valence-electron chi connectivity index (χ0n) is 15.4. The van der Waals surface area contributed by atoms with Crippen molar-refractivity contribution in [1.82, 2.24) is 0 Å². The Kier molecular flexibility index (Phi) is 8.57. The van der Waals surface area contributed by atoms with Crippen LogP contribution in [-0.2, 0) is 0 Å². The maximum Gasteiger partial charge on any atom is 0.199 e. The first-order chi connectivity index (χ1) is 11.7. The van der Waals surface area contributed by atoms with Crippen molar-refractivity contribution < 1.29 is 4.39 Å². The number of halogens is 1. The summed E-state index contributed by atoms with van der Waals surface area (Å²) in [6.45, 7) is 2.29. The van der Waals surface area contributed by atoms with Crippen molar-refractivity contribution in [3.63, 3.8) is 0 Å². The highest BCUT2D eigenvalue weighted by Crippen LogP contribution is 2.42. The lowest BCUT2D eigenvalue weighted by molar-refractivity contribution is 0.151. The van der Waals surface area contributed by atoms with Crippen LogP contribution in [0.15, 0.2) is 24.1 Å². The third-order valence-corrected chi connectivity index (χ3v) is 6.32. The Hall–Kier alpha value is -1.10. The quantitative estimate of drug-likeness (QED) is 0.277. The molecule has 0 saturated heterocycles. The van der Waals surface area contributed by atoms with Gasteiger partial charge in [-0.25, -0.2) is 0 Å². The molecule has 0 aromatic carbocycles. The van der Waals surface area contributed by atoms with Crippen molar-refractivity contribution in [3.8, 4) is 6.07 Å². The van der Waals surface area contributed by atoms with E-state index >= 15 is 0 Å². The molecule has 2 aliphatic rings. The minimum atomic E-state index is -0.698. The summed E-state index contributed by atoms with van der Waals surface area (Å²) in [6.07, 6.45) is 21.7. The second-order valence-electron chi connectivity index (χ2n) is 7.96. The molecule has 0 heterocycles. The van der Waals surface area contributed by atoms with E-state index in [1.165, 1.54) is 89.2 Å². The summed E-state index contributed by atoms with van der Waals surface area (Å²) in [5.74, 6) is 2.78. The Morgan fingerprint density at radius 3 is 2.21 bits per heavy atom. The molecule has 24 heavy (non-hydrogen) atoms. The predicted octanol–water partition coefficient (Wildman–Crippen LogP) is 7.11. The van der Waals surface area contributed by atoms with Gasteiger partial charge in [0.25, 0.3) is 0 Å². The maximum atomic E-state index is 12.8. The van der Waals surface area contributed by atoms with Crippen LogP contribution in [0.25, 0.3) is 0 Å². The Balaban J connectivity index is 1.66. The van der Waals surface area contributed by atoms with Crippen LogP contribution in [0.2, 0.25) is 0 Å². The zero-order valence-corrected chi connectivity index (χ0v) is 15.4. The highest BCUT2D eigenvalue weighted by Gasteiger charge is 2.30. The van der Waals surface area contributed by atoms with Crippen LogP contribution in [0.1, 0.15) is 84.0 Å². The summed E-state index contributed by atoms with van der Waals surface area (Å²) < 4.78 is 12.8. The molecule has 1 nitrogen and oxygen atoms in total. The summed E-state index contributed by atoms with van der Waals surface area (Å²) in [6, 6.07) is 1.52. The second-order valence-corrected chi connectivity index (χ2v) is 7.96. The first kappa shape index (κ1) is 19.2. The zero-order chi connectivity index (χ0) is 17.2. The lowest BCUT2D eigenvalue weighted by Gasteiger charge is -2.37. The van der Waals surface area contributed by atoms with Crippen molar-refractivity contribution in [2.45, 2.75) is 84.0 Å². The fourth-order valence-corrected chi connectivity index (χ4v) is 4.77. The average Bonchev–Trinajstić information content (AvgIpc) is 2.63. The molecule has 0 aromatic rings. The molecule has 2 saturated carbocycles. The van der Waals surface area contributed by atoms with E-state index in [1.807, 2.05) is 0 Å². The van der Waals surface area contributed by atoms with Gasteiger partial charge >= 0.3 is 0 Å². The molecule has 0 radical (unpaired) electrons. The molecule has 0 bridgehead atoms. The van der Waals surface area contributed by atoms with Crippen LogP contribution >= 0.6 is 0 Å². The Labute approximate surface area is 148 Å². The summed E-state index contributed by atoms with van der Waals surface area (Å²) >= 11 is 0. The number of allylic oxidation sites excluding steroid dienone is 4. The van der Waals surface area contributed by atoms with E-state index in [1.54, 1.807) is 6.08 Å². The standard InChI is InChI=1S/C22H34FN/c1-2-3-4-6-18-9-13-20(14-10-18)21-15-11-19(12-16-21)7-5-8-22(23)17-24/h5,7-8,18-21H,2-4,6,9-16H2,1H3/t18-,19?,20-,21?. The van der Waals surface area contributed by atoms with Crippen molar-refractivity contribution in [2.75, 3.05) is 0 Å². The second kappa shape index (κ2) is 10.7. The Morgan fingerprint density at radius 1 is 1.00 bits per heavy atom. The Bertz CT molecular complexity index is 443. The molecule has 2 fully saturated rings. The minimum Gasteiger partial charge on any atom is -0.195 e. The van der Waals surface area contributed by atoms with Crippen LogP contribution in [0.5, 0.6) is 0 Å². The molecule has 2 rings (SSSR count). The maximum absolute atomic E-state index is 12.8. The van der Waals surface area contributed by atoms with E-state index in [0.717, 1.165) is 17.8 Å². The molecule has 0 N–H and O–H groups in total. The summed E-state index contributed by atoms with van der Waals surface area (Å²) in [7, 11) is 0. The van der Waals surface area contributed by atoms with Gasteiger partial charge < -0.3 is 0 Å². The molecule has 0 unspecified atom stereocenters. The number of nitriles is 1. The molecule has 0 amide bonds. The van der Waals surface area contributed by atoms with Gasteiger partial charge in [-0.15, -0.1) is 0 Å². The molecular weight excluding hydrogens is 297 g/mol. The smallest absolute Gasteiger partial charge is 0.195 e. The van der Waals surface area contributed by atoms with Crippen molar-refractivity contribution >= 4 is 0 Å². The van der Waals surface area contributed by atoms with Gasteiger partial charge in [-0.1, -0.05) is 57.6 Å². The first-order valence-electron chi connectivity index (χ1n) is 10.2. The summed E-state index contributed by atoms with van der Waals surface area (Å²) in [5.41, 5.74) is 0. The molecule has 134 valence electrons. The van der Waals surface area contributed by atoms with Crippen LogP contribution in [0, 0.1) is 35.0 Å². The van der Waals surface area contributed by atoms with Crippen molar-refractivity contribution in [2.24, 2.45) is 23.7 Å². The molecule has 0 spiro atoms. The number of hydrogen-bond donors (Lipinski definition) is 0. The van der Waals surface area contributed by atoms with Crippen LogP contribution in [0.4, 0.5) is 4.39 Å². The summed E-state index contributed by atoms with van der Waals surface area (Å²) in [5, 5.41) is 8.40. The largest absolute Gasteiger partial charge is 0.199 e. The summed E-state index contributed by atoms with van der Waals surface area (Å²) in [4.78, 5) is 0. The normalized spacial score (nSPS) is 32.0. The fourth-order valence-electron chi connectivity index (χ4n) is 4.77. The van der Waals surface area contributed by atoms with Crippen LogP contribution in [0.3, 0.4) is 0 Å². The van der Waals surface area contributed by atoms with E-state index < -0.39 is 5.83 Å². The van der Waals surface area contributed by atoms with Gasteiger partial charge in [-0.2, -0.15) is 9.65 Å². The van der Waals surface area contributed by atoms with Gasteiger partial charge in [0, 0.05) is 0 Å². The van der Waals surface area contributed by atoms with Crippen molar-refractivity contribution in [1.29, 1.82) is 5.26 Å². The molecule has 2 heteroatoms. The van der Waals surface area contributed by atoms with E-state index in [9.17, 15) is 4.39 Å². The van der Waals surface area contributed by atoms with Gasteiger partial charge in [0.05, 0.1) is 0 Å². The van der Waals surface area contributed by atoms with E-state index in [2.05, 4.69) is 13.0 Å². The highest BCUT2D eigenvalue weighted by atomic mass is 19.1. The van der Waals surface area contributed by atoms with E-state index in [0.29, 0.717) is 5.92 Å². The monoisotopic (exact) mass is 331 g/mol. The van der Waals surface area contributed by atoms with Crippen molar-refractivity contribution in [3.05, 3.63) is 24.1 Å². The number of nitrogens with zero attached hydrogens (tertiary/aromatic N) is 1. The predicted molar refractivity (Wildman–Crippen MR) is 99.0 cm³/mol. The SMILES string of the molecule is CCCCC[C@H]1CC[C@H](C2CCC(C=CC=C(F)C#N)CC2)CC1. The van der Waals surface area contributed by atoms with Gasteiger partial charge in [0.1, 0.15) is 6.07 Å². The number of rotatable bonds is 7. The molecule has 2 aliphatic carbocycles. The van der Waals surface area contributed by atoms with E-state index in [-0.39, 0.29) is 0 Å². The average molecular weight is 332 g/mol. The molecular formula is C22H34FN.